The minimum absolute atomic E-state index is 0.0150. The summed E-state index contributed by atoms with van der Waals surface area (Å²) in [5, 5.41) is 5.90. The van der Waals surface area contributed by atoms with Crippen LogP contribution < -0.4 is 0 Å². The van der Waals surface area contributed by atoms with E-state index in [1.807, 2.05) is 22.4 Å². The number of aromatic nitrogens is 1. The van der Waals surface area contributed by atoms with Crippen molar-refractivity contribution in [1.29, 1.82) is 0 Å². The maximum Gasteiger partial charge on any atom is 0.276 e. The van der Waals surface area contributed by atoms with Crippen molar-refractivity contribution in [3.8, 4) is 10.6 Å². The molecule has 1 fully saturated rings. The highest BCUT2D eigenvalue weighted by Gasteiger charge is 2.26. The summed E-state index contributed by atoms with van der Waals surface area (Å²) in [6, 6.07) is 5.96. The summed E-state index contributed by atoms with van der Waals surface area (Å²) < 4.78 is 5.27. The molecule has 0 aliphatic carbocycles. The lowest BCUT2D eigenvalue weighted by molar-refractivity contribution is 0.0625. The summed E-state index contributed by atoms with van der Waals surface area (Å²) >= 11 is 1.58. The van der Waals surface area contributed by atoms with Crippen LogP contribution in [0.3, 0.4) is 0 Å². The van der Waals surface area contributed by atoms with Gasteiger partial charge in [-0.3, -0.25) is 4.79 Å². The van der Waals surface area contributed by atoms with Gasteiger partial charge in [-0.05, 0) is 37.6 Å². The van der Waals surface area contributed by atoms with E-state index >= 15 is 0 Å². The first-order chi connectivity index (χ1) is 9.25. The van der Waals surface area contributed by atoms with Gasteiger partial charge >= 0.3 is 0 Å². The third kappa shape index (κ3) is 2.42. The minimum Gasteiger partial charge on any atom is -0.355 e. The van der Waals surface area contributed by atoms with Gasteiger partial charge in [0.15, 0.2) is 11.5 Å². The molecule has 1 aliphatic heterocycles. The average Bonchev–Trinajstić information content (AvgIpc) is 3.09. The molecule has 0 saturated carbocycles. The van der Waals surface area contributed by atoms with Gasteiger partial charge in [-0.1, -0.05) is 11.2 Å². The zero-order chi connectivity index (χ0) is 13.2. The molecular weight excluding hydrogens is 260 g/mol. The molecule has 3 heterocycles. The normalized spacial score (nSPS) is 19.6. The van der Waals surface area contributed by atoms with Crippen LogP contribution in [0.15, 0.2) is 28.1 Å². The number of hydrogen-bond donors (Lipinski definition) is 0. The van der Waals surface area contributed by atoms with E-state index in [-0.39, 0.29) is 5.91 Å². The van der Waals surface area contributed by atoms with E-state index in [1.54, 1.807) is 17.4 Å². The summed E-state index contributed by atoms with van der Waals surface area (Å²) in [7, 11) is 0. The van der Waals surface area contributed by atoms with E-state index in [4.69, 9.17) is 4.52 Å². The fourth-order valence-corrected chi connectivity index (χ4v) is 3.13. The van der Waals surface area contributed by atoms with Gasteiger partial charge in [-0.2, -0.15) is 0 Å². The first-order valence-corrected chi connectivity index (χ1v) is 7.45. The molecule has 1 aliphatic rings. The quantitative estimate of drug-likeness (QED) is 0.844. The van der Waals surface area contributed by atoms with Gasteiger partial charge in [0.25, 0.3) is 5.91 Å². The van der Waals surface area contributed by atoms with Gasteiger partial charge in [-0.25, -0.2) is 0 Å². The zero-order valence-electron chi connectivity index (χ0n) is 10.8. The number of rotatable bonds is 2. The predicted octanol–water partition coefficient (Wildman–Crippen LogP) is 3.42. The molecule has 1 saturated heterocycles. The number of nitrogens with zero attached hydrogens (tertiary/aromatic N) is 2. The lowest BCUT2D eigenvalue weighted by Gasteiger charge is -2.32. The van der Waals surface area contributed by atoms with E-state index < -0.39 is 0 Å². The fraction of sp³-hybridized carbons (Fsp3) is 0.429. The molecule has 2 aromatic rings. The van der Waals surface area contributed by atoms with Gasteiger partial charge in [0.05, 0.1) is 4.88 Å². The molecule has 19 heavy (non-hydrogen) atoms. The Morgan fingerprint density at radius 3 is 3.16 bits per heavy atom. The number of carbonyl (C=O) groups is 1. The highest BCUT2D eigenvalue weighted by atomic mass is 32.1. The van der Waals surface area contributed by atoms with Gasteiger partial charge in [0, 0.05) is 18.7 Å². The molecule has 0 radical (unpaired) electrons. The first-order valence-electron chi connectivity index (χ1n) is 6.57. The highest BCUT2D eigenvalue weighted by molar-refractivity contribution is 7.13. The minimum atomic E-state index is -0.0150. The molecule has 1 amide bonds. The third-order valence-corrected chi connectivity index (χ3v) is 4.44. The Morgan fingerprint density at radius 2 is 2.42 bits per heavy atom. The number of likely N-dealkylation sites (tertiary alicyclic amines) is 1. The van der Waals surface area contributed by atoms with Crippen LogP contribution >= 0.6 is 11.3 Å². The monoisotopic (exact) mass is 276 g/mol. The SMILES string of the molecule is C[C@@H]1CCCCN1C(=O)c1cc(-c2cccs2)on1. The summed E-state index contributed by atoms with van der Waals surface area (Å²) in [6.45, 7) is 2.92. The molecule has 1 atom stereocenters. The predicted molar refractivity (Wildman–Crippen MR) is 74.2 cm³/mol. The highest BCUT2D eigenvalue weighted by Crippen LogP contribution is 2.26. The average molecular weight is 276 g/mol. The lowest BCUT2D eigenvalue weighted by atomic mass is 10.0. The molecule has 5 heteroatoms. The standard InChI is InChI=1S/C14H16N2O2S/c1-10-5-2-3-7-16(10)14(17)11-9-12(18-15-11)13-6-4-8-19-13/h4,6,8-10H,2-3,5,7H2,1H3/t10-/m1/s1. The molecule has 0 aromatic carbocycles. The van der Waals surface area contributed by atoms with Gasteiger partial charge < -0.3 is 9.42 Å². The second kappa shape index (κ2) is 5.17. The third-order valence-electron chi connectivity index (χ3n) is 3.56. The summed E-state index contributed by atoms with van der Waals surface area (Å²) in [4.78, 5) is 15.3. The summed E-state index contributed by atoms with van der Waals surface area (Å²) in [6.07, 6.45) is 3.34. The largest absolute Gasteiger partial charge is 0.355 e. The Bertz CT molecular complexity index is 562. The Labute approximate surface area is 116 Å². The van der Waals surface area contributed by atoms with Crippen LogP contribution in [-0.4, -0.2) is 28.6 Å². The summed E-state index contributed by atoms with van der Waals surface area (Å²) in [5.74, 6) is 0.654. The molecular formula is C14H16N2O2S. The van der Waals surface area contributed by atoms with E-state index in [0.717, 1.165) is 24.3 Å². The second-order valence-electron chi connectivity index (χ2n) is 4.90. The number of carbonyl (C=O) groups excluding carboxylic acids is 1. The van der Waals surface area contributed by atoms with Crippen molar-refractivity contribution in [3.63, 3.8) is 0 Å². The van der Waals surface area contributed by atoms with E-state index in [9.17, 15) is 4.79 Å². The van der Waals surface area contributed by atoms with Crippen molar-refractivity contribution >= 4 is 17.2 Å². The van der Waals surface area contributed by atoms with Crippen molar-refractivity contribution < 1.29 is 9.32 Å². The van der Waals surface area contributed by atoms with Crippen LogP contribution in [0.5, 0.6) is 0 Å². The van der Waals surface area contributed by atoms with Gasteiger partial charge in [-0.15, -0.1) is 11.3 Å². The Morgan fingerprint density at radius 1 is 1.53 bits per heavy atom. The molecule has 0 unspecified atom stereocenters. The van der Waals surface area contributed by atoms with Crippen molar-refractivity contribution in [3.05, 3.63) is 29.3 Å². The Kier molecular flexibility index (Phi) is 3.38. The van der Waals surface area contributed by atoms with Crippen molar-refractivity contribution in [2.45, 2.75) is 32.2 Å². The number of piperidine rings is 1. The second-order valence-corrected chi connectivity index (χ2v) is 5.84. The zero-order valence-corrected chi connectivity index (χ0v) is 11.7. The van der Waals surface area contributed by atoms with Crippen molar-refractivity contribution in [2.24, 2.45) is 0 Å². The van der Waals surface area contributed by atoms with Gasteiger partial charge in [0.1, 0.15) is 0 Å². The number of hydrogen-bond acceptors (Lipinski definition) is 4. The Balaban J connectivity index is 1.80. The number of amides is 1. The summed E-state index contributed by atoms with van der Waals surface area (Å²) in [5.41, 5.74) is 0.414. The molecule has 0 spiro atoms. The Hall–Kier alpha value is -1.62. The molecule has 0 bridgehead atoms. The van der Waals surface area contributed by atoms with Crippen molar-refractivity contribution in [2.75, 3.05) is 6.54 Å². The van der Waals surface area contributed by atoms with Crippen LogP contribution in [0.2, 0.25) is 0 Å². The van der Waals surface area contributed by atoms with E-state index in [2.05, 4.69) is 12.1 Å². The van der Waals surface area contributed by atoms with Crippen LogP contribution in [-0.2, 0) is 0 Å². The van der Waals surface area contributed by atoms with Crippen LogP contribution in [0.25, 0.3) is 10.6 Å². The molecule has 2 aromatic heterocycles. The van der Waals surface area contributed by atoms with Crippen molar-refractivity contribution in [1.82, 2.24) is 10.1 Å². The maximum atomic E-state index is 12.4. The fourth-order valence-electron chi connectivity index (χ4n) is 2.46. The lowest BCUT2D eigenvalue weighted by Crippen LogP contribution is -2.42. The first kappa shape index (κ1) is 12.4. The number of thiophene rings is 1. The smallest absolute Gasteiger partial charge is 0.276 e. The van der Waals surface area contributed by atoms with Crippen LogP contribution in [0.4, 0.5) is 0 Å². The van der Waals surface area contributed by atoms with E-state index in [1.165, 1.54) is 6.42 Å². The van der Waals surface area contributed by atoms with Crippen LogP contribution in [0.1, 0.15) is 36.7 Å². The molecule has 4 nitrogen and oxygen atoms in total. The molecule has 3 rings (SSSR count). The molecule has 100 valence electrons. The van der Waals surface area contributed by atoms with E-state index in [0.29, 0.717) is 17.5 Å². The van der Waals surface area contributed by atoms with Gasteiger partial charge in [0.2, 0.25) is 0 Å². The molecule has 0 N–H and O–H groups in total. The van der Waals surface area contributed by atoms with Crippen LogP contribution in [0, 0.1) is 0 Å². The topological polar surface area (TPSA) is 46.3 Å². The maximum absolute atomic E-state index is 12.4.